The molecule has 0 radical (unpaired) electrons. The molecule has 2 rings (SSSR count). The summed E-state index contributed by atoms with van der Waals surface area (Å²) in [5.74, 6) is 0.256. The van der Waals surface area contributed by atoms with Crippen LogP contribution in [0.5, 0.6) is 0 Å². The fourth-order valence-corrected chi connectivity index (χ4v) is 2.41. The molecule has 2 heterocycles. The molecule has 0 saturated carbocycles. The number of rotatable bonds is 2. The molecule has 18 heavy (non-hydrogen) atoms. The van der Waals surface area contributed by atoms with E-state index in [4.69, 9.17) is 27.8 Å². The second-order valence-corrected chi connectivity index (χ2v) is 4.70. The number of hydrogen-bond acceptors (Lipinski definition) is 7. The van der Waals surface area contributed by atoms with Crippen LogP contribution in [0.3, 0.4) is 0 Å². The summed E-state index contributed by atoms with van der Waals surface area (Å²) in [7, 11) is 0. The van der Waals surface area contributed by atoms with Gasteiger partial charge < -0.3 is 25.8 Å². The Morgan fingerprint density at radius 2 is 2.28 bits per heavy atom. The van der Waals surface area contributed by atoms with Crippen LogP contribution >= 0.6 is 12.2 Å². The van der Waals surface area contributed by atoms with E-state index in [1.54, 1.807) is 6.92 Å². The van der Waals surface area contributed by atoms with Gasteiger partial charge in [0, 0.05) is 6.20 Å². The van der Waals surface area contributed by atoms with E-state index < -0.39 is 30.6 Å². The summed E-state index contributed by atoms with van der Waals surface area (Å²) in [6.45, 7) is 1.16. The molecule has 0 spiro atoms. The summed E-state index contributed by atoms with van der Waals surface area (Å²) >= 11 is 5.05. The molecule has 0 aromatic carbocycles. The van der Waals surface area contributed by atoms with Crippen molar-refractivity contribution in [1.82, 2.24) is 9.55 Å². The van der Waals surface area contributed by atoms with Crippen LogP contribution in [0.1, 0.15) is 6.92 Å². The van der Waals surface area contributed by atoms with Gasteiger partial charge in [-0.15, -0.1) is 0 Å². The van der Waals surface area contributed by atoms with E-state index in [1.807, 2.05) is 0 Å². The number of nitrogen functional groups attached to an aromatic ring is 1. The Balaban J connectivity index is 2.46. The van der Waals surface area contributed by atoms with Gasteiger partial charge in [-0.25, -0.2) is 4.98 Å². The Bertz CT molecular complexity index is 508. The quantitative estimate of drug-likeness (QED) is 0.510. The number of aromatic nitrogens is 2. The molecular formula is C10H15N3O4S. The van der Waals surface area contributed by atoms with E-state index in [9.17, 15) is 10.2 Å². The highest BCUT2D eigenvalue weighted by atomic mass is 32.1. The minimum Gasteiger partial charge on any atom is -0.394 e. The third kappa shape index (κ3) is 1.91. The molecule has 1 aliphatic heterocycles. The first kappa shape index (κ1) is 13.4. The second kappa shape index (κ2) is 4.56. The van der Waals surface area contributed by atoms with E-state index in [1.165, 1.54) is 16.8 Å². The maximum atomic E-state index is 10.1. The highest BCUT2D eigenvalue weighted by molar-refractivity contribution is 7.71. The smallest absolute Gasteiger partial charge is 0.203 e. The number of nitrogens with zero attached hydrogens (tertiary/aromatic N) is 2. The molecule has 5 N–H and O–H groups in total. The first-order valence-electron chi connectivity index (χ1n) is 5.40. The molecule has 1 saturated heterocycles. The number of anilines is 1. The van der Waals surface area contributed by atoms with Gasteiger partial charge in [0.05, 0.1) is 6.61 Å². The maximum absolute atomic E-state index is 10.1. The second-order valence-electron chi connectivity index (χ2n) is 4.33. The number of ether oxygens (including phenoxy) is 1. The molecule has 0 amide bonds. The normalized spacial score (nSPS) is 35.9. The van der Waals surface area contributed by atoms with Gasteiger partial charge in [0.15, 0.2) is 5.72 Å². The number of nitrogens with two attached hydrogens (primary N) is 1. The third-order valence-corrected chi connectivity index (χ3v) is 3.41. The Morgan fingerprint density at radius 1 is 1.61 bits per heavy atom. The highest BCUT2D eigenvalue weighted by Gasteiger charge is 2.52. The number of hydrogen-bond donors (Lipinski definition) is 4. The predicted molar refractivity (Wildman–Crippen MR) is 65.1 cm³/mol. The number of aliphatic hydroxyl groups is 3. The summed E-state index contributed by atoms with van der Waals surface area (Å²) in [5, 5.41) is 28.9. The van der Waals surface area contributed by atoms with Gasteiger partial charge in [0.25, 0.3) is 0 Å². The van der Waals surface area contributed by atoms with Crippen molar-refractivity contribution in [2.75, 3.05) is 12.3 Å². The van der Waals surface area contributed by atoms with Crippen LogP contribution in [0, 0.1) is 4.77 Å². The van der Waals surface area contributed by atoms with E-state index in [0.29, 0.717) is 0 Å². The van der Waals surface area contributed by atoms with Crippen LogP contribution in [0.25, 0.3) is 0 Å². The van der Waals surface area contributed by atoms with E-state index >= 15 is 0 Å². The molecule has 1 aromatic rings. The Morgan fingerprint density at radius 3 is 2.78 bits per heavy atom. The van der Waals surface area contributed by atoms with Crippen LogP contribution in [0.4, 0.5) is 5.82 Å². The lowest BCUT2D eigenvalue weighted by Crippen LogP contribution is -2.43. The van der Waals surface area contributed by atoms with Crippen molar-refractivity contribution in [3.8, 4) is 0 Å². The average Bonchev–Trinajstić information content (AvgIpc) is 2.54. The largest absolute Gasteiger partial charge is 0.394 e. The summed E-state index contributed by atoms with van der Waals surface area (Å²) in [6, 6.07) is 1.51. The minimum absolute atomic E-state index is 0.127. The monoisotopic (exact) mass is 273 g/mol. The first-order valence-corrected chi connectivity index (χ1v) is 5.81. The highest BCUT2D eigenvalue weighted by Crippen LogP contribution is 2.35. The Labute approximate surface area is 108 Å². The average molecular weight is 273 g/mol. The lowest BCUT2D eigenvalue weighted by Gasteiger charge is -2.30. The van der Waals surface area contributed by atoms with Crippen molar-refractivity contribution >= 4 is 18.0 Å². The molecule has 8 heteroatoms. The molecule has 100 valence electrons. The minimum atomic E-state index is -1.29. The van der Waals surface area contributed by atoms with Gasteiger partial charge in [-0.1, -0.05) is 0 Å². The van der Waals surface area contributed by atoms with E-state index in [0.717, 1.165) is 0 Å². The van der Waals surface area contributed by atoms with E-state index in [2.05, 4.69) is 4.98 Å². The molecule has 0 aliphatic carbocycles. The number of aliphatic hydroxyl groups excluding tert-OH is 3. The standard InChI is InChI=1S/C10H15N3O4S/c1-10(8(16)7(15)5(4-14)17-10)13-3-2-6(11)12-9(13)18/h2-3,5,7-8,14-16H,4H2,1H3,(H2,11,12,18)/t5-,7-,8-,10-/m1/s1. The van der Waals surface area contributed by atoms with Gasteiger partial charge in [-0.3, -0.25) is 4.57 Å². The van der Waals surface area contributed by atoms with Crippen LogP contribution in [0.15, 0.2) is 12.3 Å². The summed E-state index contributed by atoms with van der Waals surface area (Å²) in [5.41, 5.74) is 4.21. The van der Waals surface area contributed by atoms with Crippen molar-refractivity contribution in [2.24, 2.45) is 0 Å². The van der Waals surface area contributed by atoms with E-state index in [-0.39, 0.29) is 10.6 Å². The van der Waals surface area contributed by atoms with Crippen molar-refractivity contribution in [3.63, 3.8) is 0 Å². The van der Waals surface area contributed by atoms with Gasteiger partial charge in [-0.2, -0.15) is 0 Å². The lowest BCUT2D eigenvalue weighted by atomic mass is 10.0. The SMILES string of the molecule is C[C@@]1(n2ccc(N)nc2=S)O[C@H](CO)[C@@H](O)[C@H]1O. The Kier molecular flexibility index (Phi) is 3.39. The molecular weight excluding hydrogens is 258 g/mol. The zero-order valence-electron chi connectivity index (χ0n) is 9.72. The Hall–Kier alpha value is -1.06. The topological polar surface area (TPSA) is 114 Å². The van der Waals surface area contributed by atoms with Gasteiger partial charge >= 0.3 is 0 Å². The lowest BCUT2D eigenvalue weighted by molar-refractivity contribution is -0.136. The maximum Gasteiger partial charge on any atom is 0.203 e. The van der Waals surface area contributed by atoms with Crippen LogP contribution in [-0.4, -0.2) is 49.8 Å². The molecule has 0 bridgehead atoms. The molecule has 1 aromatic heterocycles. The molecule has 7 nitrogen and oxygen atoms in total. The molecule has 4 atom stereocenters. The van der Waals surface area contributed by atoms with Crippen molar-refractivity contribution in [1.29, 1.82) is 0 Å². The molecule has 0 unspecified atom stereocenters. The zero-order chi connectivity index (χ0) is 13.5. The van der Waals surface area contributed by atoms with Crippen molar-refractivity contribution < 1.29 is 20.1 Å². The van der Waals surface area contributed by atoms with Crippen LogP contribution < -0.4 is 5.73 Å². The predicted octanol–water partition coefficient (Wildman–Crippen LogP) is -1.02. The molecule has 1 fully saturated rings. The van der Waals surface area contributed by atoms with Crippen molar-refractivity contribution in [3.05, 3.63) is 17.0 Å². The summed E-state index contributed by atoms with van der Waals surface area (Å²) in [6.07, 6.45) is -1.77. The van der Waals surface area contributed by atoms with Crippen LogP contribution in [0.2, 0.25) is 0 Å². The zero-order valence-corrected chi connectivity index (χ0v) is 10.5. The van der Waals surface area contributed by atoms with Crippen molar-refractivity contribution in [2.45, 2.75) is 31.0 Å². The van der Waals surface area contributed by atoms with Gasteiger partial charge in [0.2, 0.25) is 4.77 Å². The van der Waals surface area contributed by atoms with Crippen LogP contribution in [-0.2, 0) is 10.5 Å². The summed E-state index contributed by atoms with van der Waals surface area (Å²) < 4.78 is 7.03. The third-order valence-electron chi connectivity index (χ3n) is 3.13. The fraction of sp³-hybridized carbons (Fsp3) is 0.600. The first-order chi connectivity index (χ1) is 8.40. The fourth-order valence-electron chi connectivity index (χ4n) is 2.06. The molecule has 1 aliphatic rings. The summed E-state index contributed by atoms with van der Waals surface area (Å²) in [4.78, 5) is 3.89. The van der Waals surface area contributed by atoms with Gasteiger partial charge in [-0.05, 0) is 25.2 Å². The van der Waals surface area contributed by atoms with Gasteiger partial charge in [0.1, 0.15) is 24.1 Å².